The highest BCUT2D eigenvalue weighted by atomic mass is 16.1. The zero-order valence-electron chi connectivity index (χ0n) is 8.31. The van der Waals surface area contributed by atoms with Gasteiger partial charge in [-0.25, -0.2) is 0 Å². The maximum absolute atomic E-state index is 11.8. The third-order valence-electron chi connectivity index (χ3n) is 4.77. The molecule has 0 spiro atoms. The Morgan fingerprint density at radius 1 is 1.25 bits per heavy atom. The first kappa shape index (κ1) is 8.28. The molecule has 2 fully saturated rings. The second kappa shape index (κ2) is 2.12. The maximum Gasteiger partial charge on any atom is 0.139 e. The van der Waals surface area contributed by atoms with Crippen molar-refractivity contribution in [3.63, 3.8) is 0 Å². The van der Waals surface area contributed by atoms with Crippen LogP contribution in [0.1, 0.15) is 46.5 Å². The van der Waals surface area contributed by atoms with E-state index in [0.29, 0.717) is 5.78 Å². The Bertz CT molecular complexity index is 229. The van der Waals surface area contributed by atoms with Gasteiger partial charge in [-0.1, -0.05) is 20.8 Å². The third kappa shape index (κ3) is 0.725. The highest BCUT2D eigenvalue weighted by Crippen LogP contribution is 2.61. The second-order valence-corrected chi connectivity index (χ2v) is 5.25. The van der Waals surface area contributed by atoms with Crippen molar-refractivity contribution in [2.45, 2.75) is 46.5 Å². The van der Waals surface area contributed by atoms with Crippen molar-refractivity contribution in [1.82, 2.24) is 0 Å². The maximum atomic E-state index is 11.8. The fraction of sp³-hybridized carbons (Fsp3) is 0.909. The molecule has 0 aromatic carbocycles. The molecule has 0 N–H and O–H groups in total. The van der Waals surface area contributed by atoms with Crippen LogP contribution < -0.4 is 0 Å². The molecule has 68 valence electrons. The van der Waals surface area contributed by atoms with Crippen molar-refractivity contribution < 1.29 is 4.79 Å². The molecular formula is C11H18O. The number of Topliss-reactive ketones (excluding diaryl/α,β-unsaturated/α-hetero) is 1. The van der Waals surface area contributed by atoms with Crippen LogP contribution >= 0.6 is 0 Å². The molecule has 0 radical (unpaired) electrons. The molecule has 2 bridgehead atoms. The van der Waals surface area contributed by atoms with E-state index in [-0.39, 0.29) is 10.8 Å². The van der Waals surface area contributed by atoms with Gasteiger partial charge < -0.3 is 0 Å². The van der Waals surface area contributed by atoms with Gasteiger partial charge in [-0.2, -0.15) is 0 Å². The Morgan fingerprint density at radius 2 is 1.92 bits per heavy atom. The Kier molecular flexibility index (Phi) is 1.47. The van der Waals surface area contributed by atoms with Gasteiger partial charge >= 0.3 is 0 Å². The molecule has 12 heavy (non-hydrogen) atoms. The summed E-state index contributed by atoms with van der Waals surface area (Å²) in [5.41, 5.74) is 0.276. The molecule has 0 aliphatic heterocycles. The summed E-state index contributed by atoms with van der Waals surface area (Å²) in [7, 11) is 0. The minimum Gasteiger partial charge on any atom is -0.299 e. The number of carbonyl (C=O) groups is 1. The van der Waals surface area contributed by atoms with Crippen LogP contribution in [0.2, 0.25) is 0 Å². The van der Waals surface area contributed by atoms with E-state index in [0.717, 1.165) is 25.2 Å². The van der Waals surface area contributed by atoms with Gasteiger partial charge in [0.2, 0.25) is 0 Å². The third-order valence-corrected chi connectivity index (χ3v) is 4.77. The van der Waals surface area contributed by atoms with Crippen LogP contribution in [0.4, 0.5) is 0 Å². The number of carbonyl (C=O) groups excluding carboxylic acids is 1. The van der Waals surface area contributed by atoms with Crippen molar-refractivity contribution in [3.05, 3.63) is 0 Å². The molecule has 1 nitrogen and oxygen atoms in total. The van der Waals surface area contributed by atoms with E-state index in [1.807, 2.05) is 0 Å². The average Bonchev–Trinajstić information content (AvgIpc) is 2.17. The molecule has 0 unspecified atom stereocenters. The number of rotatable bonds is 0. The highest BCUT2D eigenvalue weighted by molar-refractivity contribution is 5.86. The van der Waals surface area contributed by atoms with E-state index in [9.17, 15) is 4.79 Å². The zero-order chi connectivity index (χ0) is 8.98. The fourth-order valence-electron chi connectivity index (χ4n) is 3.18. The first-order valence-corrected chi connectivity index (χ1v) is 5.02. The molecule has 2 aliphatic carbocycles. The van der Waals surface area contributed by atoms with Gasteiger partial charge in [-0.05, 0) is 30.6 Å². The van der Waals surface area contributed by atoms with Crippen molar-refractivity contribution in [2.24, 2.45) is 16.7 Å². The van der Waals surface area contributed by atoms with Gasteiger partial charge in [0.15, 0.2) is 0 Å². The van der Waals surface area contributed by atoms with E-state index in [2.05, 4.69) is 20.8 Å². The fourth-order valence-corrected chi connectivity index (χ4v) is 3.18. The summed E-state index contributed by atoms with van der Waals surface area (Å²) in [5, 5.41) is 0. The monoisotopic (exact) mass is 166 g/mol. The van der Waals surface area contributed by atoms with Crippen molar-refractivity contribution in [2.75, 3.05) is 0 Å². The number of hydrogen-bond donors (Lipinski definition) is 0. The topological polar surface area (TPSA) is 17.1 Å². The van der Waals surface area contributed by atoms with Crippen molar-refractivity contribution >= 4 is 5.78 Å². The number of hydrogen-bond acceptors (Lipinski definition) is 1. The summed E-state index contributed by atoms with van der Waals surface area (Å²) < 4.78 is 0. The summed E-state index contributed by atoms with van der Waals surface area (Å²) in [6, 6.07) is 0. The lowest BCUT2D eigenvalue weighted by Gasteiger charge is -2.44. The van der Waals surface area contributed by atoms with Gasteiger partial charge in [0.1, 0.15) is 5.78 Å². The summed E-state index contributed by atoms with van der Waals surface area (Å²) >= 11 is 0. The minimum atomic E-state index is 0.00984. The predicted octanol–water partition coefficient (Wildman–Crippen LogP) is 2.79. The molecule has 0 aromatic heterocycles. The molecule has 0 amide bonds. The van der Waals surface area contributed by atoms with E-state index in [1.54, 1.807) is 0 Å². The highest BCUT2D eigenvalue weighted by Gasteiger charge is 2.57. The zero-order valence-corrected chi connectivity index (χ0v) is 8.31. The minimum absolute atomic E-state index is 0.00984. The summed E-state index contributed by atoms with van der Waals surface area (Å²) in [6.45, 7) is 6.73. The van der Waals surface area contributed by atoms with E-state index in [4.69, 9.17) is 0 Å². The van der Waals surface area contributed by atoms with Crippen molar-refractivity contribution in [1.29, 1.82) is 0 Å². The van der Waals surface area contributed by atoms with Crippen LogP contribution in [0.25, 0.3) is 0 Å². The molecule has 0 aromatic rings. The van der Waals surface area contributed by atoms with E-state index in [1.165, 1.54) is 6.42 Å². The van der Waals surface area contributed by atoms with Crippen LogP contribution in [-0.4, -0.2) is 5.78 Å². The molecular weight excluding hydrogens is 148 g/mol. The first-order chi connectivity index (χ1) is 5.48. The molecule has 0 heterocycles. The van der Waals surface area contributed by atoms with Gasteiger partial charge in [-0.3, -0.25) is 4.79 Å². The molecule has 2 atom stereocenters. The Balaban J connectivity index is 2.43. The van der Waals surface area contributed by atoms with Crippen LogP contribution in [0, 0.1) is 16.7 Å². The Labute approximate surface area is 74.5 Å². The smallest absolute Gasteiger partial charge is 0.139 e. The SMILES string of the molecule is CC1(C)[C@@H]2CCC(=O)[C@]1(C)CC2. The summed E-state index contributed by atoms with van der Waals surface area (Å²) in [5.74, 6) is 1.32. The van der Waals surface area contributed by atoms with Crippen LogP contribution in [0.15, 0.2) is 0 Å². The van der Waals surface area contributed by atoms with E-state index < -0.39 is 0 Å². The normalized spacial score (nSPS) is 44.9. The first-order valence-electron chi connectivity index (χ1n) is 5.02. The Morgan fingerprint density at radius 3 is 2.50 bits per heavy atom. The summed E-state index contributed by atoms with van der Waals surface area (Å²) in [4.78, 5) is 11.8. The molecule has 2 rings (SSSR count). The molecule has 2 aliphatic rings. The Hall–Kier alpha value is -0.330. The number of ketones is 1. The quantitative estimate of drug-likeness (QED) is 0.541. The largest absolute Gasteiger partial charge is 0.299 e. The van der Waals surface area contributed by atoms with Crippen LogP contribution in [0.3, 0.4) is 0 Å². The van der Waals surface area contributed by atoms with Gasteiger partial charge in [0, 0.05) is 11.8 Å². The van der Waals surface area contributed by atoms with Crippen LogP contribution in [-0.2, 0) is 4.79 Å². The predicted molar refractivity (Wildman–Crippen MR) is 48.9 cm³/mol. The standard InChI is InChI=1S/C11H18O/c1-10(2)8-4-5-9(12)11(10,3)7-6-8/h8H,4-7H2,1-3H3/t8-,11+/m1/s1. The summed E-state index contributed by atoms with van der Waals surface area (Å²) in [6.07, 6.45) is 4.38. The lowest BCUT2D eigenvalue weighted by atomic mass is 9.59. The second-order valence-electron chi connectivity index (χ2n) is 5.25. The number of fused-ring (bicyclic) bond motifs is 2. The van der Waals surface area contributed by atoms with Crippen molar-refractivity contribution in [3.8, 4) is 0 Å². The molecule has 1 heteroatoms. The van der Waals surface area contributed by atoms with E-state index >= 15 is 0 Å². The van der Waals surface area contributed by atoms with Crippen LogP contribution in [0.5, 0.6) is 0 Å². The molecule has 2 saturated carbocycles. The average molecular weight is 166 g/mol. The lowest BCUT2D eigenvalue weighted by Crippen LogP contribution is -2.44. The van der Waals surface area contributed by atoms with Gasteiger partial charge in [0.25, 0.3) is 0 Å². The lowest BCUT2D eigenvalue weighted by molar-refractivity contribution is -0.137. The van der Waals surface area contributed by atoms with Gasteiger partial charge in [-0.15, -0.1) is 0 Å². The van der Waals surface area contributed by atoms with Gasteiger partial charge in [0.05, 0.1) is 0 Å². The molecule has 0 saturated heterocycles.